The summed E-state index contributed by atoms with van der Waals surface area (Å²) in [6, 6.07) is 15.9. The third-order valence-corrected chi connectivity index (χ3v) is 5.48. The van der Waals surface area contributed by atoms with Gasteiger partial charge in [-0.05, 0) is 60.1 Å². The summed E-state index contributed by atoms with van der Waals surface area (Å²) in [6.45, 7) is 8.62. The number of hydrogen-bond acceptors (Lipinski definition) is 4. The second-order valence-corrected chi connectivity index (χ2v) is 8.41. The minimum atomic E-state index is -0.294. The summed E-state index contributed by atoms with van der Waals surface area (Å²) in [4.78, 5) is 16.1. The normalized spacial score (nSPS) is 14.5. The summed E-state index contributed by atoms with van der Waals surface area (Å²) in [7, 11) is 2.23. The van der Waals surface area contributed by atoms with Gasteiger partial charge >= 0.3 is 0 Å². The van der Waals surface area contributed by atoms with Crippen molar-refractivity contribution in [1.29, 1.82) is 0 Å². The van der Waals surface area contributed by atoms with E-state index < -0.39 is 0 Å². The lowest BCUT2D eigenvalue weighted by Crippen LogP contribution is -3.12. The van der Waals surface area contributed by atoms with E-state index in [1.165, 1.54) is 11.3 Å². The molecule has 0 aromatic heterocycles. The molecule has 6 nitrogen and oxygen atoms in total. The van der Waals surface area contributed by atoms with Crippen molar-refractivity contribution >= 4 is 34.6 Å². The molecule has 1 fully saturated rings. The third kappa shape index (κ3) is 6.43. The van der Waals surface area contributed by atoms with Crippen LogP contribution in [0.25, 0.3) is 0 Å². The number of benzene rings is 2. The Morgan fingerprint density at radius 1 is 1.10 bits per heavy atom. The van der Waals surface area contributed by atoms with Crippen molar-refractivity contribution in [3.05, 3.63) is 54.1 Å². The van der Waals surface area contributed by atoms with Crippen LogP contribution >= 0.6 is 12.2 Å². The molecule has 30 heavy (non-hydrogen) atoms. The summed E-state index contributed by atoms with van der Waals surface area (Å²) in [5.41, 5.74) is 3.28. The van der Waals surface area contributed by atoms with Gasteiger partial charge in [0, 0.05) is 11.4 Å². The zero-order chi connectivity index (χ0) is 21.5. The van der Waals surface area contributed by atoms with Gasteiger partial charge in [-0.2, -0.15) is 0 Å². The molecule has 1 aliphatic rings. The van der Waals surface area contributed by atoms with Gasteiger partial charge in [-0.1, -0.05) is 26.0 Å². The standard InChI is InChI=1S/C23H30N4O2S/c1-17(2)18-4-10-21(11-5-18)29-16-22(28)25-23(30)24-19-6-8-20(9-7-19)27-14-12-26(3)13-15-27/h4-11,17H,12-16H2,1-3H3,(H2,24,25,28,30)/p+1. The Morgan fingerprint density at radius 3 is 2.33 bits per heavy atom. The molecule has 0 unspecified atom stereocenters. The van der Waals surface area contributed by atoms with Gasteiger partial charge in [0.2, 0.25) is 0 Å². The van der Waals surface area contributed by atoms with E-state index in [1.54, 1.807) is 4.90 Å². The predicted molar refractivity (Wildman–Crippen MR) is 126 cm³/mol. The molecule has 3 rings (SSSR count). The summed E-state index contributed by atoms with van der Waals surface area (Å²) in [5, 5.41) is 5.96. The molecule has 3 N–H and O–H groups in total. The Bertz CT molecular complexity index is 845. The van der Waals surface area contributed by atoms with Gasteiger partial charge in [-0.3, -0.25) is 10.1 Å². The molecule has 2 aromatic carbocycles. The number of piperazine rings is 1. The predicted octanol–water partition coefficient (Wildman–Crippen LogP) is 2.04. The van der Waals surface area contributed by atoms with Crippen molar-refractivity contribution in [2.75, 3.05) is 50.1 Å². The summed E-state index contributed by atoms with van der Waals surface area (Å²) >= 11 is 5.25. The van der Waals surface area contributed by atoms with E-state index >= 15 is 0 Å². The van der Waals surface area contributed by atoms with Gasteiger partial charge in [0.25, 0.3) is 5.91 Å². The van der Waals surface area contributed by atoms with Crippen LogP contribution in [0.2, 0.25) is 0 Å². The van der Waals surface area contributed by atoms with Gasteiger partial charge in [0.1, 0.15) is 5.75 Å². The van der Waals surface area contributed by atoms with Crippen molar-refractivity contribution in [2.45, 2.75) is 19.8 Å². The molecule has 0 saturated carbocycles. The number of thiocarbonyl (C=S) groups is 1. The van der Waals surface area contributed by atoms with E-state index in [4.69, 9.17) is 17.0 Å². The average Bonchev–Trinajstić information content (AvgIpc) is 2.73. The Hall–Kier alpha value is -2.64. The molecule has 1 amide bonds. The number of carbonyl (C=O) groups is 1. The van der Waals surface area contributed by atoms with Crippen LogP contribution in [0.3, 0.4) is 0 Å². The zero-order valence-corrected chi connectivity index (χ0v) is 18.7. The molecule has 0 radical (unpaired) electrons. The second kappa shape index (κ2) is 10.4. The van der Waals surface area contributed by atoms with Gasteiger partial charge in [0.05, 0.1) is 33.2 Å². The van der Waals surface area contributed by atoms with Crippen LogP contribution in [0.5, 0.6) is 5.75 Å². The lowest BCUT2D eigenvalue weighted by Gasteiger charge is -2.31. The maximum Gasteiger partial charge on any atom is 0.264 e. The first kappa shape index (κ1) is 22.1. The second-order valence-electron chi connectivity index (χ2n) is 8.01. The van der Waals surface area contributed by atoms with Crippen molar-refractivity contribution in [3.63, 3.8) is 0 Å². The molecule has 0 atom stereocenters. The van der Waals surface area contributed by atoms with Crippen molar-refractivity contribution < 1.29 is 14.4 Å². The van der Waals surface area contributed by atoms with Crippen molar-refractivity contribution in [3.8, 4) is 5.75 Å². The van der Waals surface area contributed by atoms with Crippen LogP contribution in [0.4, 0.5) is 11.4 Å². The molecule has 7 heteroatoms. The van der Waals surface area contributed by atoms with Crippen LogP contribution < -0.4 is 25.2 Å². The van der Waals surface area contributed by atoms with E-state index in [0.717, 1.165) is 31.9 Å². The summed E-state index contributed by atoms with van der Waals surface area (Å²) in [5.74, 6) is 0.828. The lowest BCUT2D eigenvalue weighted by molar-refractivity contribution is -0.880. The average molecular weight is 428 g/mol. The van der Waals surface area contributed by atoms with E-state index in [0.29, 0.717) is 11.7 Å². The minimum Gasteiger partial charge on any atom is -0.484 e. The number of amides is 1. The number of nitrogens with zero attached hydrogens (tertiary/aromatic N) is 1. The largest absolute Gasteiger partial charge is 0.484 e. The molecule has 0 bridgehead atoms. The molecular weight excluding hydrogens is 396 g/mol. The van der Waals surface area contributed by atoms with Crippen molar-refractivity contribution in [1.82, 2.24) is 5.32 Å². The fraction of sp³-hybridized carbons (Fsp3) is 0.391. The van der Waals surface area contributed by atoms with E-state index in [2.05, 4.69) is 48.6 Å². The number of anilines is 2. The Labute approximate surface area is 184 Å². The van der Waals surface area contributed by atoms with E-state index in [9.17, 15) is 4.79 Å². The Balaban J connectivity index is 1.42. The molecule has 2 aromatic rings. The van der Waals surface area contributed by atoms with E-state index in [-0.39, 0.29) is 17.6 Å². The fourth-order valence-corrected chi connectivity index (χ4v) is 3.56. The Morgan fingerprint density at radius 2 is 1.73 bits per heavy atom. The first-order chi connectivity index (χ1) is 14.4. The highest BCUT2D eigenvalue weighted by Crippen LogP contribution is 2.19. The van der Waals surface area contributed by atoms with Gasteiger partial charge < -0.3 is 19.9 Å². The highest BCUT2D eigenvalue weighted by molar-refractivity contribution is 7.80. The molecule has 1 heterocycles. The van der Waals surface area contributed by atoms with Crippen LogP contribution in [-0.2, 0) is 4.79 Å². The highest BCUT2D eigenvalue weighted by atomic mass is 32.1. The molecular formula is C23H31N4O2S+. The number of likely N-dealkylation sites (N-methyl/N-ethyl adjacent to an activating group) is 1. The molecule has 1 aliphatic heterocycles. The smallest absolute Gasteiger partial charge is 0.264 e. The summed E-state index contributed by atoms with van der Waals surface area (Å²) < 4.78 is 5.54. The number of rotatable bonds is 6. The zero-order valence-electron chi connectivity index (χ0n) is 17.9. The number of hydrogen-bond donors (Lipinski definition) is 3. The van der Waals surface area contributed by atoms with Crippen LogP contribution in [-0.4, -0.2) is 50.9 Å². The SMILES string of the molecule is CC(C)c1ccc(OCC(=O)NC(=S)Nc2ccc(N3CC[NH+](C)CC3)cc2)cc1. The quantitative estimate of drug-likeness (QED) is 0.616. The summed E-state index contributed by atoms with van der Waals surface area (Å²) in [6.07, 6.45) is 0. The molecule has 160 valence electrons. The van der Waals surface area contributed by atoms with Gasteiger partial charge in [-0.15, -0.1) is 0 Å². The van der Waals surface area contributed by atoms with Crippen LogP contribution in [0.1, 0.15) is 25.3 Å². The number of carbonyl (C=O) groups excluding carboxylic acids is 1. The van der Waals surface area contributed by atoms with Crippen molar-refractivity contribution in [2.24, 2.45) is 0 Å². The minimum absolute atomic E-state index is 0.0901. The highest BCUT2D eigenvalue weighted by Gasteiger charge is 2.16. The number of ether oxygens (including phenoxy) is 1. The maximum atomic E-state index is 12.1. The van der Waals surface area contributed by atoms with E-state index in [1.807, 2.05) is 36.4 Å². The maximum absolute atomic E-state index is 12.1. The molecule has 0 aliphatic carbocycles. The topological polar surface area (TPSA) is 58.0 Å². The third-order valence-electron chi connectivity index (χ3n) is 5.28. The molecule has 1 saturated heterocycles. The van der Waals surface area contributed by atoms with Gasteiger partial charge in [0.15, 0.2) is 11.7 Å². The number of quaternary nitrogens is 1. The lowest BCUT2D eigenvalue weighted by atomic mass is 10.0. The van der Waals surface area contributed by atoms with Crippen LogP contribution in [0, 0.1) is 0 Å². The van der Waals surface area contributed by atoms with Crippen LogP contribution in [0.15, 0.2) is 48.5 Å². The molecule has 0 spiro atoms. The first-order valence-electron chi connectivity index (χ1n) is 10.4. The monoisotopic (exact) mass is 427 g/mol. The number of nitrogens with one attached hydrogen (secondary N) is 3. The Kier molecular flexibility index (Phi) is 7.65. The van der Waals surface area contributed by atoms with Gasteiger partial charge in [-0.25, -0.2) is 0 Å². The first-order valence-corrected chi connectivity index (χ1v) is 10.8. The fourth-order valence-electron chi connectivity index (χ4n) is 3.33.